The molecule has 0 fully saturated rings. The SMILES string of the molecule is CN1C=CN(c2[c-]c(Oc3[c-]c(-c4cc(-c5[c-]c(Oc6[c-]cccc6)ccc5)[c-]cn4)cc(Sc4ccccc4)c3)ccc2)[CH-]1.[C-]#Cn1cccc1.[Pt+4].[Pt]. The summed E-state index contributed by atoms with van der Waals surface area (Å²) < 4.78 is 13.9. The third-order valence-corrected chi connectivity index (χ3v) is 8.47. The van der Waals surface area contributed by atoms with Gasteiger partial charge in [-0.25, -0.2) is 24.2 Å². The minimum Gasteiger partial charge on any atom is -0.669 e. The van der Waals surface area contributed by atoms with E-state index in [2.05, 4.69) is 59.6 Å². The summed E-state index contributed by atoms with van der Waals surface area (Å²) in [5.74, 6) is 2.38. The average Bonchev–Trinajstić information content (AvgIpc) is 3.89. The number of anilines is 1. The van der Waals surface area contributed by atoms with Crippen molar-refractivity contribution in [3.8, 4) is 51.4 Å². The Kier molecular flexibility index (Phi) is 14.6. The quantitative estimate of drug-likeness (QED) is 0.106. The fourth-order valence-electron chi connectivity index (χ4n) is 5.07. The standard InChI is InChI=1S/C39H25N3O2S.C6H4N.2Pt/c1-41-20-21-42(28-41)32-11-9-15-35(26-32)44-36-23-31(24-38(27-36)45-37-16-6-3-7-17-37)39-25-30(18-19-40-39)29-10-8-14-34(22-29)43-33-12-4-2-5-13-33;1-2-7-5-3-4-6-7;;/h2-12,14-17,19-21,24-25,27-28H,1H3;3-6H;;/q-6;-1;;+4. The van der Waals surface area contributed by atoms with Crippen LogP contribution in [0.5, 0.6) is 23.0 Å². The van der Waals surface area contributed by atoms with Gasteiger partial charge in [-0.2, -0.15) is 43.1 Å². The van der Waals surface area contributed by atoms with E-state index in [0.29, 0.717) is 23.0 Å². The van der Waals surface area contributed by atoms with Gasteiger partial charge in [-0.05, 0) is 43.7 Å². The molecular formula is C45H29N4O2Pt2S-3. The molecule has 0 unspecified atom stereocenters. The first kappa shape index (κ1) is 40.0. The van der Waals surface area contributed by atoms with Gasteiger partial charge in [-0.1, -0.05) is 47.1 Å². The van der Waals surface area contributed by atoms with E-state index in [1.54, 1.807) is 34.9 Å². The topological polar surface area (TPSA) is 42.8 Å². The largest absolute Gasteiger partial charge is 4.00 e. The summed E-state index contributed by atoms with van der Waals surface area (Å²) in [6.45, 7) is 1.98. The molecule has 0 bridgehead atoms. The molecule has 1 aliphatic rings. The number of benzene rings is 5. The summed E-state index contributed by atoms with van der Waals surface area (Å²) in [4.78, 5) is 10.7. The van der Waals surface area contributed by atoms with Gasteiger partial charge in [0, 0.05) is 61.4 Å². The molecule has 9 heteroatoms. The summed E-state index contributed by atoms with van der Waals surface area (Å²) in [7, 11) is 1.98. The van der Waals surface area contributed by atoms with Crippen LogP contribution < -0.4 is 14.4 Å². The molecule has 8 rings (SSSR count). The van der Waals surface area contributed by atoms with Crippen LogP contribution in [0.15, 0.2) is 162 Å². The van der Waals surface area contributed by atoms with Gasteiger partial charge in [-0.15, -0.1) is 65.5 Å². The first-order chi connectivity index (χ1) is 25.6. The van der Waals surface area contributed by atoms with E-state index < -0.39 is 0 Å². The van der Waals surface area contributed by atoms with E-state index in [1.165, 1.54) is 0 Å². The summed E-state index contributed by atoms with van der Waals surface area (Å²) in [5.41, 5.74) is 4.07. The van der Waals surface area contributed by atoms with E-state index in [4.69, 9.17) is 15.9 Å². The normalized spacial score (nSPS) is 11.3. The van der Waals surface area contributed by atoms with Crippen molar-refractivity contribution in [3.05, 3.63) is 196 Å². The maximum atomic E-state index is 6.57. The summed E-state index contributed by atoms with van der Waals surface area (Å²) in [6, 6.07) is 57.8. The van der Waals surface area contributed by atoms with Crippen LogP contribution in [0.25, 0.3) is 22.4 Å². The molecule has 3 heterocycles. The smallest absolute Gasteiger partial charge is 0.669 e. The molecule has 1 aliphatic heterocycles. The maximum absolute atomic E-state index is 6.57. The monoisotopic (exact) mass is 1080 g/mol. The van der Waals surface area contributed by atoms with Gasteiger partial charge >= 0.3 is 21.1 Å². The fourth-order valence-corrected chi connectivity index (χ4v) is 5.98. The molecular weight excluding hydrogens is 1050 g/mol. The minimum atomic E-state index is 0. The first-order valence-electron chi connectivity index (χ1n) is 16.2. The number of pyridine rings is 1. The van der Waals surface area contributed by atoms with Crippen molar-refractivity contribution in [2.24, 2.45) is 0 Å². The molecule has 0 N–H and O–H groups in total. The van der Waals surface area contributed by atoms with Crippen molar-refractivity contribution in [1.29, 1.82) is 0 Å². The number of hydrogen-bond donors (Lipinski definition) is 0. The van der Waals surface area contributed by atoms with Crippen LogP contribution in [-0.4, -0.2) is 21.5 Å². The Morgan fingerprint density at radius 2 is 1.41 bits per heavy atom. The maximum Gasteiger partial charge on any atom is 4.00 e. The Morgan fingerprint density at radius 1 is 0.685 bits per heavy atom. The molecule has 6 nitrogen and oxygen atoms in total. The number of rotatable bonds is 9. The predicted octanol–water partition coefficient (Wildman–Crippen LogP) is 10.4. The summed E-state index contributed by atoms with van der Waals surface area (Å²) in [5, 5.41) is 0. The van der Waals surface area contributed by atoms with Crippen molar-refractivity contribution in [1.82, 2.24) is 14.5 Å². The second-order valence-corrected chi connectivity index (χ2v) is 12.5. The Hall–Kier alpha value is -5.24. The van der Waals surface area contributed by atoms with Crippen LogP contribution in [0.3, 0.4) is 0 Å². The molecule has 0 amide bonds. The van der Waals surface area contributed by atoms with E-state index in [1.807, 2.05) is 139 Å². The zero-order valence-corrected chi connectivity index (χ0v) is 34.0. The number of ether oxygens (including phenoxy) is 2. The van der Waals surface area contributed by atoms with Crippen LogP contribution in [0.1, 0.15) is 0 Å². The van der Waals surface area contributed by atoms with Crippen LogP contribution in [0, 0.1) is 49.5 Å². The van der Waals surface area contributed by atoms with E-state index >= 15 is 0 Å². The first-order valence-corrected chi connectivity index (χ1v) is 17.0. The molecule has 2 aromatic heterocycles. The van der Waals surface area contributed by atoms with Crippen molar-refractivity contribution in [2.45, 2.75) is 9.79 Å². The summed E-state index contributed by atoms with van der Waals surface area (Å²) >= 11 is 1.65. The molecule has 0 atom stereocenters. The summed E-state index contributed by atoms with van der Waals surface area (Å²) in [6.07, 6.45) is 15.7. The Morgan fingerprint density at radius 3 is 2.13 bits per heavy atom. The Labute approximate surface area is 350 Å². The minimum absolute atomic E-state index is 0. The van der Waals surface area contributed by atoms with Gasteiger partial charge in [0.1, 0.15) is 0 Å². The third-order valence-electron chi connectivity index (χ3n) is 7.49. The molecule has 0 spiro atoms. The van der Waals surface area contributed by atoms with Crippen molar-refractivity contribution >= 4 is 17.4 Å². The van der Waals surface area contributed by atoms with Crippen molar-refractivity contribution < 1.29 is 51.6 Å². The zero-order chi connectivity index (χ0) is 35.5. The van der Waals surface area contributed by atoms with Gasteiger partial charge in [0.05, 0.1) is 0 Å². The van der Waals surface area contributed by atoms with Gasteiger partial charge in [0.25, 0.3) is 0 Å². The van der Waals surface area contributed by atoms with Gasteiger partial charge < -0.3 is 35.2 Å². The average molecular weight is 1080 g/mol. The van der Waals surface area contributed by atoms with Gasteiger partial charge in [0.2, 0.25) is 0 Å². The number of hydrogen-bond acceptors (Lipinski definition) is 6. The Balaban J connectivity index is 0.000000562. The van der Waals surface area contributed by atoms with E-state index in [0.717, 1.165) is 37.9 Å². The predicted molar refractivity (Wildman–Crippen MR) is 204 cm³/mol. The Bertz CT molecular complexity index is 2310. The number of aromatic nitrogens is 2. The van der Waals surface area contributed by atoms with Crippen LogP contribution in [0.2, 0.25) is 0 Å². The molecule has 0 radical (unpaired) electrons. The molecule has 0 saturated carbocycles. The fraction of sp³-hybridized carbons (Fsp3) is 0.0222. The molecule has 5 aromatic carbocycles. The zero-order valence-electron chi connectivity index (χ0n) is 28.7. The number of nitrogens with zero attached hydrogens (tertiary/aromatic N) is 4. The van der Waals surface area contributed by atoms with Crippen LogP contribution in [-0.2, 0) is 42.1 Å². The molecule has 0 aliphatic carbocycles. The second kappa shape index (κ2) is 19.7. The van der Waals surface area contributed by atoms with Gasteiger partial charge in [-0.3, -0.25) is 11.1 Å². The molecule has 54 heavy (non-hydrogen) atoms. The molecule has 0 saturated heterocycles. The van der Waals surface area contributed by atoms with Crippen LogP contribution in [0.4, 0.5) is 5.69 Å². The molecule has 270 valence electrons. The van der Waals surface area contributed by atoms with E-state index in [9.17, 15) is 0 Å². The van der Waals surface area contributed by atoms with Crippen molar-refractivity contribution in [2.75, 3.05) is 11.9 Å². The third kappa shape index (κ3) is 10.9. The van der Waals surface area contributed by atoms with Crippen molar-refractivity contribution in [3.63, 3.8) is 0 Å². The number of para-hydroxylation sites is 1. The van der Waals surface area contributed by atoms with Gasteiger partial charge in [0.15, 0.2) is 0 Å². The molecule has 7 aromatic rings. The van der Waals surface area contributed by atoms with E-state index in [-0.39, 0.29) is 42.1 Å². The van der Waals surface area contributed by atoms with Crippen LogP contribution >= 0.6 is 11.8 Å². The second-order valence-electron chi connectivity index (χ2n) is 11.3.